The van der Waals surface area contributed by atoms with Gasteiger partial charge in [-0.1, -0.05) is 23.9 Å². The first kappa shape index (κ1) is 16.3. The molecule has 0 atom stereocenters. The lowest BCUT2D eigenvalue weighted by molar-refractivity contribution is 0.400. The fourth-order valence-corrected chi connectivity index (χ4v) is 3.00. The van der Waals surface area contributed by atoms with Crippen LogP contribution in [0.4, 0.5) is 4.39 Å². The molecule has 2 aromatic carbocycles. The summed E-state index contributed by atoms with van der Waals surface area (Å²) in [4.78, 5) is 4.34. The number of H-pyrrole nitrogens is 1. The summed E-state index contributed by atoms with van der Waals surface area (Å²) in [7, 11) is 3.24. The lowest BCUT2D eigenvalue weighted by Gasteiger charge is -2.09. The monoisotopic (exact) mass is 345 g/mol. The van der Waals surface area contributed by atoms with E-state index in [1.807, 2.05) is 18.2 Å². The largest absolute Gasteiger partial charge is 0.497 e. The number of benzene rings is 2. The van der Waals surface area contributed by atoms with Crippen LogP contribution in [0.5, 0.6) is 11.5 Å². The van der Waals surface area contributed by atoms with Gasteiger partial charge in [-0.2, -0.15) is 0 Å². The number of halogens is 1. The minimum absolute atomic E-state index is 0.334. The van der Waals surface area contributed by atoms with Crippen LogP contribution in [-0.2, 0) is 5.75 Å². The standard InChI is InChI=1S/C17H16FN3O2S/c1-22-12-7-8-15(23-2)11(9-12)10-24-17-19-16(20-21-17)13-5-3-4-6-14(13)18/h3-9H,10H2,1-2H3,(H,19,20,21). The second kappa shape index (κ2) is 7.35. The number of ether oxygens (including phenoxy) is 2. The molecular formula is C17H16FN3O2S. The molecule has 1 N–H and O–H groups in total. The lowest BCUT2D eigenvalue weighted by atomic mass is 10.2. The van der Waals surface area contributed by atoms with Gasteiger partial charge in [0.25, 0.3) is 0 Å². The van der Waals surface area contributed by atoms with Crippen molar-refractivity contribution in [3.8, 4) is 22.9 Å². The number of nitrogens with one attached hydrogen (secondary N) is 1. The summed E-state index contributed by atoms with van der Waals surface area (Å²) in [5.41, 5.74) is 1.37. The number of hydrogen-bond donors (Lipinski definition) is 1. The van der Waals surface area contributed by atoms with Crippen LogP contribution in [0.3, 0.4) is 0 Å². The highest BCUT2D eigenvalue weighted by Gasteiger charge is 2.12. The molecule has 1 heterocycles. The van der Waals surface area contributed by atoms with Gasteiger partial charge in [0.15, 0.2) is 5.82 Å². The second-order valence-corrected chi connectivity index (χ2v) is 5.86. The molecule has 0 amide bonds. The zero-order valence-electron chi connectivity index (χ0n) is 13.2. The van der Waals surface area contributed by atoms with Gasteiger partial charge in [-0.15, -0.1) is 5.10 Å². The summed E-state index contributed by atoms with van der Waals surface area (Å²) in [6.07, 6.45) is 0. The van der Waals surface area contributed by atoms with Gasteiger partial charge in [-0.25, -0.2) is 9.37 Å². The predicted octanol–water partition coefficient (Wildman–Crippen LogP) is 3.92. The van der Waals surface area contributed by atoms with Crippen LogP contribution in [0.15, 0.2) is 47.6 Å². The number of rotatable bonds is 6. The van der Waals surface area contributed by atoms with Crippen LogP contribution in [0, 0.1) is 5.82 Å². The smallest absolute Gasteiger partial charge is 0.209 e. The van der Waals surface area contributed by atoms with E-state index in [0.717, 1.165) is 17.1 Å². The molecule has 0 fully saturated rings. The van der Waals surface area contributed by atoms with E-state index in [-0.39, 0.29) is 5.82 Å². The molecule has 0 aliphatic rings. The first-order chi connectivity index (χ1) is 11.7. The van der Waals surface area contributed by atoms with Crippen LogP contribution in [0.25, 0.3) is 11.4 Å². The van der Waals surface area contributed by atoms with Crippen LogP contribution in [-0.4, -0.2) is 29.4 Å². The van der Waals surface area contributed by atoms with E-state index in [9.17, 15) is 4.39 Å². The Morgan fingerprint density at radius 1 is 1.12 bits per heavy atom. The van der Waals surface area contributed by atoms with Crippen LogP contribution < -0.4 is 9.47 Å². The Kier molecular flexibility index (Phi) is 5.00. The van der Waals surface area contributed by atoms with E-state index in [0.29, 0.717) is 22.3 Å². The van der Waals surface area contributed by atoms with Crippen LogP contribution in [0.2, 0.25) is 0 Å². The fraction of sp³-hybridized carbons (Fsp3) is 0.176. The van der Waals surface area contributed by atoms with Gasteiger partial charge in [0.1, 0.15) is 17.3 Å². The number of aromatic nitrogens is 3. The minimum atomic E-state index is -0.334. The molecule has 0 unspecified atom stereocenters. The van der Waals surface area contributed by atoms with Crippen molar-refractivity contribution in [1.29, 1.82) is 0 Å². The van der Waals surface area contributed by atoms with Gasteiger partial charge in [-0.05, 0) is 30.3 Å². The zero-order chi connectivity index (χ0) is 16.9. The maximum absolute atomic E-state index is 13.8. The summed E-state index contributed by atoms with van der Waals surface area (Å²) < 4.78 is 24.4. The number of methoxy groups -OCH3 is 2. The maximum atomic E-state index is 13.8. The number of thioether (sulfide) groups is 1. The quantitative estimate of drug-likeness (QED) is 0.686. The van der Waals surface area contributed by atoms with Gasteiger partial charge in [0, 0.05) is 11.3 Å². The van der Waals surface area contributed by atoms with Gasteiger partial charge in [-0.3, -0.25) is 5.10 Å². The predicted molar refractivity (Wildman–Crippen MR) is 90.9 cm³/mol. The normalized spacial score (nSPS) is 10.6. The molecule has 0 spiro atoms. The van der Waals surface area contributed by atoms with Crippen LogP contribution in [0.1, 0.15) is 5.56 Å². The Bertz CT molecular complexity index is 838. The summed E-state index contributed by atoms with van der Waals surface area (Å²) in [5.74, 6) is 2.21. The highest BCUT2D eigenvalue weighted by Crippen LogP contribution is 2.30. The molecule has 124 valence electrons. The third-order valence-electron chi connectivity index (χ3n) is 3.44. The van der Waals surface area contributed by atoms with Gasteiger partial charge in [0.05, 0.1) is 19.8 Å². The topological polar surface area (TPSA) is 60.0 Å². The first-order valence-electron chi connectivity index (χ1n) is 7.22. The Balaban J connectivity index is 1.75. The summed E-state index contributed by atoms with van der Waals surface area (Å²) in [6, 6.07) is 12.1. The molecule has 3 aromatic rings. The molecule has 0 aliphatic heterocycles. The van der Waals surface area contributed by atoms with E-state index < -0.39 is 0 Å². The molecule has 0 aliphatic carbocycles. The highest BCUT2D eigenvalue weighted by atomic mass is 32.2. The van der Waals surface area contributed by atoms with Crippen molar-refractivity contribution in [2.45, 2.75) is 10.9 Å². The van der Waals surface area contributed by atoms with E-state index in [4.69, 9.17) is 9.47 Å². The second-order valence-electron chi connectivity index (χ2n) is 4.91. The Morgan fingerprint density at radius 3 is 2.71 bits per heavy atom. The van der Waals surface area contributed by atoms with Crippen molar-refractivity contribution in [2.75, 3.05) is 14.2 Å². The van der Waals surface area contributed by atoms with E-state index in [1.54, 1.807) is 32.4 Å². The number of nitrogens with zero attached hydrogens (tertiary/aromatic N) is 2. The van der Waals surface area contributed by atoms with Crippen molar-refractivity contribution >= 4 is 11.8 Å². The van der Waals surface area contributed by atoms with Gasteiger partial charge >= 0.3 is 0 Å². The number of hydrogen-bond acceptors (Lipinski definition) is 5. The fourth-order valence-electron chi connectivity index (χ4n) is 2.22. The van der Waals surface area contributed by atoms with Gasteiger partial charge < -0.3 is 9.47 Å². The van der Waals surface area contributed by atoms with Crippen LogP contribution >= 0.6 is 11.8 Å². The summed E-state index contributed by atoms with van der Waals surface area (Å²) >= 11 is 1.43. The molecular weight excluding hydrogens is 329 g/mol. The molecule has 0 saturated carbocycles. The first-order valence-corrected chi connectivity index (χ1v) is 8.21. The average molecular weight is 345 g/mol. The molecule has 3 rings (SSSR count). The lowest BCUT2D eigenvalue weighted by Crippen LogP contribution is -1.92. The average Bonchev–Trinajstić information content (AvgIpc) is 3.08. The van der Waals surface area contributed by atoms with E-state index in [2.05, 4.69) is 15.2 Å². The van der Waals surface area contributed by atoms with Crippen molar-refractivity contribution < 1.29 is 13.9 Å². The van der Waals surface area contributed by atoms with Crippen molar-refractivity contribution in [3.63, 3.8) is 0 Å². The van der Waals surface area contributed by atoms with Gasteiger partial charge in [0.2, 0.25) is 5.16 Å². The molecule has 24 heavy (non-hydrogen) atoms. The molecule has 0 saturated heterocycles. The van der Waals surface area contributed by atoms with E-state index in [1.165, 1.54) is 17.8 Å². The molecule has 5 nitrogen and oxygen atoms in total. The number of aromatic amines is 1. The summed E-state index contributed by atoms with van der Waals surface area (Å²) in [6.45, 7) is 0. The Hall–Kier alpha value is -2.54. The molecule has 1 aromatic heterocycles. The minimum Gasteiger partial charge on any atom is -0.497 e. The molecule has 7 heteroatoms. The van der Waals surface area contributed by atoms with Crippen molar-refractivity contribution in [3.05, 3.63) is 53.8 Å². The SMILES string of the molecule is COc1ccc(OC)c(CSc2n[nH]c(-c3ccccc3F)n2)c1. The third-order valence-corrected chi connectivity index (χ3v) is 4.33. The third kappa shape index (κ3) is 3.51. The molecule has 0 radical (unpaired) electrons. The summed E-state index contributed by atoms with van der Waals surface area (Å²) in [5, 5.41) is 7.45. The Morgan fingerprint density at radius 2 is 1.96 bits per heavy atom. The zero-order valence-corrected chi connectivity index (χ0v) is 14.1. The highest BCUT2D eigenvalue weighted by molar-refractivity contribution is 7.98. The Labute approximate surface area is 143 Å². The maximum Gasteiger partial charge on any atom is 0.209 e. The van der Waals surface area contributed by atoms with Crippen molar-refractivity contribution in [2.24, 2.45) is 0 Å². The molecule has 0 bridgehead atoms. The van der Waals surface area contributed by atoms with E-state index >= 15 is 0 Å². The van der Waals surface area contributed by atoms with Crippen molar-refractivity contribution in [1.82, 2.24) is 15.2 Å².